The van der Waals surface area contributed by atoms with Crippen molar-refractivity contribution in [1.82, 2.24) is 9.55 Å². The average molecular weight is 348 g/mol. The Balaban J connectivity index is 1.63. The van der Waals surface area contributed by atoms with Gasteiger partial charge in [0.2, 0.25) is 0 Å². The monoisotopic (exact) mass is 348 g/mol. The smallest absolute Gasteiger partial charge is 0.332 e. The van der Waals surface area contributed by atoms with Gasteiger partial charge in [-0.2, -0.15) is 5.26 Å². The minimum atomic E-state index is -0.228. The summed E-state index contributed by atoms with van der Waals surface area (Å²) in [6.45, 7) is 0. The van der Waals surface area contributed by atoms with Crippen LogP contribution >= 0.6 is 11.8 Å². The second kappa shape index (κ2) is 6.30. The number of imidazole rings is 1. The number of amidine groups is 1. The summed E-state index contributed by atoms with van der Waals surface area (Å²) < 4.78 is 1.54. The first-order valence-electron chi connectivity index (χ1n) is 7.49. The number of para-hydroxylation sites is 2. The molecule has 1 aromatic heterocycles. The summed E-state index contributed by atoms with van der Waals surface area (Å²) in [6.07, 6.45) is 0. The molecule has 0 fully saturated rings. The number of nitrogens with one attached hydrogen (secondary N) is 2. The number of anilines is 1. The Morgan fingerprint density at radius 1 is 1.20 bits per heavy atom. The number of benzene rings is 2. The molecule has 3 aromatic rings. The summed E-state index contributed by atoms with van der Waals surface area (Å²) in [5.74, 6) is 1.08. The average Bonchev–Trinajstić information content (AvgIpc) is 2.98. The largest absolute Gasteiger partial charge is 0.333 e. The van der Waals surface area contributed by atoms with Crippen LogP contribution in [0.2, 0.25) is 0 Å². The fourth-order valence-electron chi connectivity index (χ4n) is 2.57. The van der Waals surface area contributed by atoms with Crippen molar-refractivity contribution in [1.29, 1.82) is 5.26 Å². The Kier molecular flexibility index (Phi) is 3.84. The molecule has 2 aromatic carbocycles. The van der Waals surface area contributed by atoms with Crippen LogP contribution in [0.4, 0.5) is 5.69 Å². The van der Waals surface area contributed by atoms with Gasteiger partial charge < -0.3 is 10.3 Å². The third kappa shape index (κ3) is 2.93. The molecule has 1 aliphatic rings. The topological polar surface area (TPSA) is 98.3 Å². The molecule has 0 bridgehead atoms. The van der Waals surface area contributed by atoms with Gasteiger partial charge in [0.05, 0.1) is 28.4 Å². The van der Waals surface area contributed by atoms with Crippen LogP contribution in [0.5, 0.6) is 0 Å². The minimum Gasteiger partial charge on any atom is -0.333 e. The molecule has 0 spiro atoms. The Hall–Kier alpha value is -3.31. The summed E-state index contributed by atoms with van der Waals surface area (Å²) in [7, 11) is 0. The highest BCUT2D eigenvalue weighted by Crippen LogP contribution is 2.18. The number of nitrogens with zero attached hydrogens (tertiary/aromatic N) is 4. The van der Waals surface area contributed by atoms with Crippen molar-refractivity contribution in [2.24, 2.45) is 10.2 Å². The van der Waals surface area contributed by atoms with E-state index in [1.165, 1.54) is 11.8 Å². The summed E-state index contributed by atoms with van der Waals surface area (Å²) in [5, 5.41) is 21.1. The summed E-state index contributed by atoms with van der Waals surface area (Å²) >= 11 is 1.45. The van der Waals surface area contributed by atoms with Gasteiger partial charge in [0.1, 0.15) is 0 Å². The fraction of sp³-hybridized carbons (Fsp3) is 0.0588. The quantitative estimate of drug-likeness (QED) is 0.706. The van der Waals surface area contributed by atoms with E-state index in [1.807, 2.05) is 30.3 Å². The van der Waals surface area contributed by atoms with E-state index in [9.17, 15) is 4.79 Å². The van der Waals surface area contributed by atoms with E-state index in [0.717, 1.165) is 16.7 Å². The summed E-state index contributed by atoms with van der Waals surface area (Å²) in [4.78, 5) is 15.0. The van der Waals surface area contributed by atoms with E-state index in [0.29, 0.717) is 22.3 Å². The van der Waals surface area contributed by atoms with Crippen LogP contribution in [0.3, 0.4) is 0 Å². The molecule has 0 saturated heterocycles. The standard InChI is InChI=1S/C17H12N6OS/c18-9-11-4-3-5-12(8-11)19-16-22-21-15(10-25-16)23-14-7-2-1-6-13(14)20-17(23)24/h1-8H,10H2,(H,19,22)(H,20,24). The number of thioether (sulfide) groups is 1. The molecule has 25 heavy (non-hydrogen) atoms. The van der Waals surface area contributed by atoms with Crippen LogP contribution in [0, 0.1) is 11.3 Å². The van der Waals surface area contributed by atoms with Crippen LogP contribution in [0.15, 0.2) is 63.5 Å². The Labute approximate surface area is 146 Å². The van der Waals surface area contributed by atoms with Crippen molar-refractivity contribution in [2.45, 2.75) is 0 Å². The Bertz CT molecular complexity index is 1120. The Morgan fingerprint density at radius 3 is 2.88 bits per heavy atom. The molecule has 0 unspecified atom stereocenters. The molecule has 4 rings (SSSR count). The fourth-order valence-corrected chi connectivity index (χ4v) is 3.31. The first kappa shape index (κ1) is 15.2. The van der Waals surface area contributed by atoms with Crippen molar-refractivity contribution in [3.63, 3.8) is 0 Å². The predicted molar refractivity (Wildman–Crippen MR) is 100 cm³/mol. The van der Waals surface area contributed by atoms with E-state index in [2.05, 4.69) is 26.6 Å². The molecule has 2 heterocycles. The minimum absolute atomic E-state index is 0.228. The molecule has 1 aliphatic heterocycles. The second-order valence-corrected chi connectivity index (χ2v) is 6.27. The van der Waals surface area contributed by atoms with Gasteiger partial charge in [0.15, 0.2) is 11.0 Å². The van der Waals surface area contributed by atoms with Gasteiger partial charge in [-0.05, 0) is 30.3 Å². The van der Waals surface area contributed by atoms with Gasteiger partial charge in [-0.3, -0.25) is 0 Å². The lowest BCUT2D eigenvalue weighted by Gasteiger charge is -2.14. The van der Waals surface area contributed by atoms with E-state index in [1.54, 1.807) is 22.8 Å². The lowest BCUT2D eigenvalue weighted by molar-refractivity contribution is 1.04. The van der Waals surface area contributed by atoms with Crippen molar-refractivity contribution in [3.05, 3.63) is 64.6 Å². The van der Waals surface area contributed by atoms with Gasteiger partial charge in [-0.1, -0.05) is 30.0 Å². The third-order valence-corrected chi connectivity index (χ3v) is 4.54. The Morgan fingerprint density at radius 2 is 2.08 bits per heavy atom. The number of aromatic amines is 1. The van der Waals surface area contributed by atoms with Crippen LogP contribution in [-0.2, 0) is 0 Å². The third-order valence-electron chi connectivity index (χ3n) is 3.68. The maximum atomic E-state index is 12.2. The molecular weight excluding hydrogens is 336 g/mol. The number of hydrogen-bond acceptors (Lipinski definition) is 6. The normalized spacial score (nSPS) is 13.9. The first-order valence-corrected chi connectivity index (χ1v) is 8.48. The zero-order valence-electron chi connectivity index (χ0n) is 12.9. The lowest BCUT2D eigenvalue weighted by atomic mass is 10.2. The molecular formula is C17H12N6OS. The van der Waals surface area contributed by atoms with E-state index < -0.39 is 0 Å². The molecule has 7 nitrogen and oxygen atoms in total. The van der Waals surface area contributed by atoms with Crippen LogP contribution in [0.1, 0.15) is 5.56 Å². The highest BCUT2D eigenvalue weighted by Gasteiger charge is 2.17. The lowest BCUT2D eigenvalue weighted by Crippen LogP contribution is -2.29. The van der Waals surface area contributed by atoms with E-state index in [4.69, 9.17) is 5.26 Å². The van der Waals surface area contributed by atoms with Gasteiger partial charge in [-0.15, -0.1) is 10.2 Å². The van der Waals surface area contributed by atoms with Crippen molar-refractivity contribution >= 4 is 39.5 Å². The van der Waals surface area contributed by atoms with E-state index >= 15 is 0 Å². The zero-order valence-corrected chi connectivity index (χ0v) is 13.7. The highest BCUT2D eigenvalue weighted by atomic mass is 32.2. The van der Waals surface area contributed by atoms with Gasteiger partial charge >= 0.3 is 5.69 Å². The number of H-pyrrole nitrogens is 1. The number of fused-ring (bicyclic) bond motifs is 1. The molecule has 8 heteroatoms. The maximum absolute atomic E-state index is 12.2. The molecule has 0 atom stereocenters. The van der Waals surface area contributed by atoms with Crippen molar-refractivity contribution in [3.8, 4) is 6.07 Å². The molecule has 0 saturated carbocycles. The van der Waals surface area contributed by atoms with E-state index in [-0.39, 0.29) is 5.69 Å². The molecule has 0 radical (unpaired) electrons. The number of hydrogen-bond donors (Lipinski definition) is 2. The SMILES string of the molecule is N#Cc1cccc(NC2=NN=C(n3c(=O)[nH]c4ccccc43)CS2)c1. The summed E-state index contributed by atoms with van der Waals surface area (Å²) in [6, 6.07) is 16.7. The van der Waals surface area contributed by atoms with Gasteiger partial charge in [0, 0.05) is 5.69 Å². The first-order chi connectivity index (χ1) is 12.2. The number of nitriles is 1. The van der Waals surface area contributed by atoms with Gasteiger partial charge in [0.25, 0.3) is 0 Å². The maximum Gasteiger partial charge on any atom is 0.332 e. The van der Waals surface area contributed by atoms with Crippen LogP contribution in [-0.4, -0.2) is 26.3 Å². The van der Waals surface area contributed by atoms with Crippen LogP contribution in [0.25, 0.3) is 11.0 Å². The number of rotatable bonds is 1. The zero-order chi connectivity index (χ0) is 17.2. The van der Waals surface area contributed by atoms with Crippen molar-refractivity contribution < 1.29 is 0 Å². The molecule has 122 valence electrons. The molecule has 2 N–H and O–H groups in total. The highest BCUT2D eigenvalue weighted by molar-refractivity contribution is 8.14. The predicted octanol–water partition coefficient (Wildman–Crippen LogP) is 2.58. The van der Waals surface area contributed by atoms with Crippen LogP contribution < -0.4 is 11.0 Å². The number of aromatic nitrogens is 2. The van der Waals surface area contributed by atoms with Crippen molar-refractivity contribution in [2.75, 3.05) is 11.1 Å². The molecule has 0 amide bonds. The summed E-state index contributed by atoms with van der Waals surface area (Å²) in [5.41, 5.74) is 2.66. The second-order valence-electron chi connectivity index (χ2n) is 5.31. The molecule has 0 aliphatic carbocycles. The van der Waals surface area contributed by atoms with Gasteiger partial charge in [-0.25, -0.2) is 9.36 Å².